The summed E-state index contributed by atoms with van der Waals surface area (Å²) in [5, 5.41) is 0. The largest absolute Gasteiger partial charge is 0.462 e. The van der Waals surface area contributed by atoms with Crippen molar-refractivity contribution in [3.05, 3.63) is 0 Å². The molecule has 0 N–H and O–H groups in total. The summed E-state index contributed by atoms with van der Waals surface area (Å²) in [4.78, 5) is 38.5. The molecule has 0 rings (SSSR count). The van der Waals surface area contributed by atoms with Gasteiger partial charge in [0.25, 0.3) is 0 Å². The molecule has 0 aromatic rings. The number of ether oxygens (including phenoxy) is 3. The Morgan fingerprint density at radius 1 is 0.200 bits per heavy atom. The third-order valence-corrected chi connectivity index (χ3v) is 17.4. The van der Waals surface area contributed by atoms with E-state index in [-0.39, 0.29) is 31.1 Å². The molecule has 0 amide bonds. The molecule has 80 heavy (non-hydrogen) atoms. The Balaban J connectivity index is 4.16. The molecule has 0 saturated heterocycles. The van der Waals surface area contributed by atoms with Crippen LogP contribution in [0.3, 0.4) is 0 Å². The second-order valence-electron chi connectivity index (χ2n) is 25.6. The van der Waals surface area contributed by atoms with Crippen LogP contribution in [-0.4, -0.2) is 37.2 Å². The first-order valence-corrected chi connectivity index (χ1v) is 37.0. The number of carbonyl (C=O) groups excluding carboxylic acids is 3. The van der Waals surface area contributed by atoms with E-state index in [2.05, 4.69) is 20.8 Å². The summed E-state index contributed by atoms with van der Waals surface area (Å²) in [5.41, 5.74) is 0. The third-order valence-electron chi connectivity index (χ3n) is 17.4. The molecular formula is C74H144O6. The Bertz CT molecular complexity index is 1200. The fraction of sp³-hybridized carbons (Fsp3) is 0.959. The van der Waals surface area contributed by atoms with E-state index >= 15 is 0 Å². The van der Waals surface area contributed by atoms with Gasteiger partial charge in [-0.1, -0.05) is 400 Å². The first kappa shape index (κ1) is 78.4. The first-order valence-electron chi connectivity index (χ1n) is 37.0. The lowest BCUT2D eigenvalue weighted by molar-refractivity contribution is -0.167. The molecule has 1 atom stereocenters. The number of esters is 3. The van der Waals surface area contributed by atoms with Crippen LogP contribution < -0.4 is 0 Å². The molecule has 476 valence electrons. The quantitative estimate of drug-likeness (QED) is 0.0343. The third kappa shape index (κ3) is 67.2. The van der Waals surface area contributed by atoms with Crippen LogP contribution >= 0.6 is 0 Å². The normalized spacial score (nSPS) is 11.9. The molecule has 6 heteroatoms. The average Bonchev–Trinajstić information content (AvgIpc) is 3.46. The highest BCUT2D eigenvalue weighted by Gasteiger charge is 2.20. The maximum absolute atomic E-state index is 13.0. The molecule has 0 aliphatic rings. The standard InChI is InChI=1S/C74H144O6/c1-4-7-10-13-16-19-22-25-28-30-32-34-35-36-37-38-39-40-41-43-44-46-49-52-55-58-61-64-67-73(76)79-70-71(69-78-72(75)66-63-60-57-54-51-48-27-24-21-18-15-12-9-6-3)80-74(77)68-65-62-59-56-53-50-47-45-42-33-31-29-26-23-20-17-14-11-8-5-2/h71H,4-70H2,1-3H3. The van der Waals surface area contributed by atoms with Gasteiger partial charge in [-0.25, -0.2) is 0 Å². The molecule has 0 bridgehead atoms. The average molecular weight is 1130 g/mol. The van der Waals surface area contributed by atoms with Gasteiger partial charge in [0.15, 0.2) is 6.10 Å². The Labute approximate surface area is 501 Å². The topological polar surface area (TPSA) is 78.9 Å². The van der Waals surface area contributed by atoms with Crippen molar-refractivity contribution in [3.63, 3.8) is 0 Å². The Morgan fingerprint density at radius 2 is 0.338 bits per heavy atom. The summed E-state index contributed by atoms with van der Waals surface area (Å²) < 4.78 is 17.0. The van der Waals surface area contributed by atoms with Crippen LogP contribution in [0.4, 0.5) is 0 Å². The Kier molecular flexibility index (Phi) is 68.5. The lowest BCUT2D eigenvalue weighted by Crippen LogP contribution is -2.30. The lowest BCUT2D eigenvalue weighted by atomic mass is 10.0. The summed E-state index contributed by atoms with van der Waals surface area (Å²) in [6.45, 7) is 6.75. The van der Waals surface area contributed by atoms with Crippen LogP contribution in [-0.2, 0) is 28.6 Å². The van der Waals surface area contributed by atoms with Gasteiger partial charge in [-0.3, -0.25) is 14.4 Å². The van der Waals surface area contributed by atoms with Gasteiger partial charge in [0, 0.05) is 19.3 Å². The molecule has 0 aromatic heterocycles. The number of hydrogen-bond acceptors (Lipinski definition) is 6. The van der Waals surface area contributed by atoms with Crippen molar-refractivity contribution in [2.24, 2.45) is 0 Å². The molecule has 1 unspecified atom stereocenters. The minimum Gasteiger partial charge on any atom is -0.462 e. The van der Waals surface area contributed by atoms with Gasteiger partial charge in [0.1, 0.15) is 13.2 Å². The van der Waals surface area contributed by atoms with Gasteiger partial charge in [-0.15, -0.1) is 0 Å². The highest BCUT2D eigenvalue weighted by atomic mass is 16.6. The monoisotopic (exact) mass is 1130 g/mol. The summed E-state index contributed by atoms with van der Waals surface area (Å²) in [6, 6.07) is 0. The molecule has 0 aliphatic heterocycles. The van der Waals surface area contributed by atoms with Gasteiger partial charge in [0.2, 0.25) is 0 Å². The first-order chi connectivity index (χ1) is 39.5. The molecule has 0 aliphatic carbocycles. The Hall–Kier alpha value is -1.59. The summed E-state index contributed by atoms with van der Waals surface area (Å²) in [5.74, 6) is -0.817. The van der Waals surface area contributed by atoms with Gasteiger partial charge in [-0.05, 0) is 19.3 Å². The SMILES string of the molecule is CCCCCCCCCCCCCCCCCCCCCCCCCCCCCCC(=O)OCC(COC(=O)CCCCCCCCCCCCCCCC)OC(=O)CCCCCCCCCCCCCCCCCCCCCC. The zero-order valence-corrected chi connectivity index (χ0v) is 54.9. The van der Waals surface area contributed by atoms with Crippen LogP contribution in [0.5, 0.6) is 0 Å². The van der Waals surface area contributed by atoms with Crippen LogP contribution in [0.1, 0.15) is 438 Å². The predicted molar refractivity (Wildman–Crippen MR) is 349 cm³/mol. The predicted octanol–water partition coefficient (Wildman–Crippen LogP) is 25.4. The van der Waals surface area contributed by atoms with Crippen molar-refractivity contribution >= 4 is 17.9 Å². The second-order valence-corrected chi connectivity index (χ2v) is 25.6. The summed E-state index contributed by atoms with van der Waals surface area (Å²) >= 11 is 0. The number of hydrogen-bond donors (Lipinski definition) is 0. The minimum absolute atomic E-state index is 0.0600. The molecular weight excluding hydrogens is 985 g/mol. The van der Waals surface area contributed by atoms with Gasteiger partial charge < -0.3 is 14.2 Å². The zero-order chi connectivity index (χ0) is 57.8. The van der Waals surface area contributed by atoms with Crippen molar-refractivity contribution in [2.45, 2.75) is 444 Å². The van der Waals surface area contributed by atoms with Crippen molar-refractivity contribution < 1.29 is 28.6 Å². The highest BCUT2D eigenvalue weighted by Crippen LogP contribution is 2.20. The molecule has 0 aromatic carbocycles. The fourth-order valence-electron chi connectivity index (χ4n) is 11.8. The smallest absolute Gasteiger partial charge is 0.306 e. The maximum Gasteiger partial charge on any atom is 0.306 e. The highest BCUT2D eigenvalue weighted by molar-refractivity contribution is 5.71. The summed E-state index contributed by atoms with van der Waals surface area (Å²) in [6.07, 6.45) is 82.9. The van der Waals surface area contributed by atoms with Crippen molar-refractivity contribution in [1.29, 1.82) is 0 Å². The fourth-order valence-corrected chi connectivity index (χ4v) is 11.8. The van der Waals surface area contributed by atoms with Gasteiger partial charge in [0.05, 0.1) is 0 Å². The molecule has 0 saturated carbocycles. The van der Waals surface area contributed by atoms with Crippen LogP contribution in [0.15, 0.2) is 0 Å². The van der Waals surface area contributed by atoms with E-state index in [0.717, 1.165) is 57.8 Å². The second kappa shape index (κ2) is 69.9. The number of carbonyl (C=O) groups is 3. The van der Waals surface area contributed by atoms with E-state index in [1.807, 2.05) is 0 Å². The lowest BCUT2D eigenvalue weighted by Gasteiger charge is -2.18. The van der Waals surface area contributed by atoms with Crippen LogP contribution in [0, 0.1) is 0 Å². The van der Waals surface area contributed by atoms with E-state index in [4.69, 9.17) is 14.2 Å². The Morgan fingerprint density at radius 3 is 0.500 bits per heavy atom. The van der Waals surface area contributed by atoms with Crippen LogP contribution in [0.2, 0.25) is 0 Å². The zero-order valence-electron chi connectivity index (χ0n) is 54.9. The molecule has 0 spiro atoms. The van der Waals surface area contributed by atoms with E-state index in [9.17, 15) is 14.4 Å². The molecule has 0 heterocycles. The van der Waals surface area contributed by atoms with E-state index in [0.29, 0.717) is 19.3 Å². The van der Waals surface area contributed by atoms with Gasteiger partial charge in [-0.2, -0.15) is 0 Å². The molecule has 0 fully saturated rings. The minimum atomic E-state index is -0.763. The number of unbranched alkanes of at least 4 members (excludes halogenated alkanes) is 59. The van der Waals surface area contributed by atoms with E-state index in [1.165, 1.54) is 340 Å². The van der Waals surface area contributed by atoms with E-state index in [1.54, 1.807) is 0 Å². The van der Waals surface area contributed by atoms with E-state index < -0.39 is 6.10 Å². The van der Waals surface area contributed by atoms with Crippen LogP contribution in [0.25, 0.3) is 0 Å². The summed E-state index contributed by atoms with van der Waals surface area (Å²) in [7, 11) is 0. The van der Waals surface area contributed by atoms with Gasteiger partial charge >= 0.3 is 17.9 Å². The number of rotatable bonds is 70. The molecule has 0 radical (unpaired) electrons. The molecule has 6 nitrogen and oxygen atoms in total. The van der Waals surface area contributed by atoms with Crippen molar-refractivity contribution in [3.8, 4) is 0 Å². The van der Waals surface area contributed by atoms with Crippen molar-refractivity contribution in [1.82, 2.24) is 0 Å². The maximum atomic E-state index is 13.0. The van der Waals surface area contributed by atoms with Crippen molar-refractivity contribution in [2.75, 3.05) is 13.2 Å².